The van der Waals surface area contributed by atoms with Gasteiger partial charge in [-0.05, 0) is 54.1 Å². The molecule has 0 spiro atoms. The third-order valence-corrected chi connectivity index (χ3v) is 7.60. The molecule has 5 rings (SSSR count). The predicted molar refractivity (Wildman–Crippen MR) is 130 cm³/mol. The number of pyridine rings is 1. The fourth-order valence-corrected chi connectivity index (χ4v) is 5.50. The molecule has 7 nitrogen and oxygen atoms in total. The SMILES string of the molecule is O=C(c1ccc(NS(=O)(=O)c2cccc3cccnc23)cc1)N1CC(O)(c2cccc(C(F)(F)F)c2)C1. The molecule has 2 N–H and O–H groups in total. The van der Waals surface area contributed by atoms with Crippen molar-refractivity contribution in [1.29, 1.82) is 0 Å². The molecule has 0 saturated carbocycles. The first-order chi connectivity index (χ1) is 17.5. The van der Waals surface area contributed by atoms with Crippen molar-refractivity contribution in [2.45, 2.75) is 16.7 Å². The second-order valence-corrected chi connectivity index (χ2v) is 10.4. The number of benzene rings is 3. The van der Waals surface area contributed by atoms with E-state index in [1.165, 1.54) is 53.6 Å². The Morgan fingerprint density at radius 3 is 2.35 bits per heavy atom. The van der Waals surface area contributed by atoms with Crippen molar-refractivity contribution in [1.82, 2.24) is 9.88 Å². The zero-order valence-corrected chi connectivity index (χ0v) is 19.9. The largest absolute Gasteiger partial charge is 0.416 e. The van der Waals surface area contributed by atoms with Gasteiger partial charge in [-0.2, -0.15) is 13.2 Å². The Morgan fingerprint density at radius 2 is 1.65 bits per heavy atom. The summed E-state index contributed by atoms with van der Waals surface area (Å²) < 4.78 is 67.4. The molecule has 3 aromatic carbocycles. The van der Waals surface area contributed by atoms with Crippen LogP contribution in [0.3, 0.4) is 0 Å². The van der Waals surface area contributed by atoms with Crippen molar-refractivity contribution in [2.24, 2.45) is 0 Å². The van der Waals surface area contributed by atoms with E-state index in [2.05, 4.69) is 9.71 Å². The third-order valence-electron chi connectivity index (χ3n) is 6.19. The number of alkyl halides is 3. The maximum Gasteiger partial charge on any atom is 0.416 e. The molecular formula is C26H20F3N3O4S. The maximum absolute atomic E-state index is 13.0. The number of halogens is 3. The molecule has 0 bridgehead atoms. The van der Waals surface area contributed by atoms with E-state index in [0.717, 1.165) is 12.1 Å². The van der Waals surface area contributed by atoms with Gasteiger partial charge in [-0.25, -0.2) is 8.42 Å². The molecule has 2 heterocycles. The fourth-order valence-electron chi connectivity index (χ4n) is 4.26. The first-order valence-corrected chi connectivity index (χ1v) is 12.6. The Hall–Kier alpha value is -3.96. The molecule has 4 aromatic rings. The number of hydrogen-bond acceptors (Lipinski definition) is 5. The summed E-state index contributed by atoms with van der Waals surface area (Å²) in [6.45, 7) is -0.342. The Bertz CT molecular complexity index is 1590. The molecule has 190 valence electrons. The standard InChI is InChI=1S/C26H20F3N3O4S/c27-26(28,29)20-7-2-6-19(14-20)25(34)15-32(16-25)24(33)18-9-11-21(12-10-18)31-37(35,36)22-8-1-4-17-5-3-13-30-23(17)22/h1-14,31,34H,15-16H2. The number of anilines is 1. The lowest BCUT2D eigenvalue weighted by molar-refractivity contribution is -0.138. The third kappa shape index (κ3) is 4.75. The van der Waals surface area contributed by atoms with Crippen LogP contribution in [0.1, 0.15) is 21.5 Å². The Kier molecular flexibility index (Phi) is 5.92. The summed E-state index contributed by atoms with van der Waals surface area (Å²) in [4.78, 5) is 18.3. The Labute approximate surface area is 210 Å². The van der Waals surface area contributed by atoms with Crippen molar-refractivity contribution < 1.29 is 31.5 Å². The van der Waals surface area contributed by atoms with Crippen LogP contribution in [0.25, 0.3) is 10.9 Å². The fraction of sp³-hybridized carbons (Fsp3) is 0.154. The van der Waals surface area contributed by atoms with Crippen molar-refractivity contribution in [2.75, 3.05) is 17.8 Å². The van der Waals surface area contributed by atoms with Gasteiger partial charge in [0.2, 0.25) is 0 Å². The molecule has 1 amide bonds. The molecule has 0 aliphatic carbocycles. The lowest BCUT2D eigenvalue weighted by atomic mass is 9.85. The van der Waals surface area contributed by atoms with E-state index in [1.54, 1.807) is 24.3 Å². The summed E-state index contributed by atoms with van der Waals surface area (Å²) in [5.41, 5.74) is -1.58. The number of amides is 1. The lowest BCUT2D eigenvalue weighted by Gasteiger charge is -2.46. The number of nitrogens with zero attached hydrogens (tertiary/aromatic N) is 2. The minimum atomic E-state index is -4.54. The highest BCUT2D eigenvalue weighted by molar-refractivity contribution is 7.93. The van der Waals surface area contributed by atoms with Gasteiger partial charge in [0.25, 0.3) is 15.9 Å². The monoisotopic (exact) mass is 527 g/mol. The van der Waals surface area contributed by atoms with Crippen molar-refractivity contribution >= 4 is 32.5 Å². The number of likely N-dealkylation sites (tertiary alicyclic amines) is 1. The van der Waals surface area contributed by atoms with Crippen molar-refractivity contribution in [3.8, 4) is 0 Å². The van der Waals surface area contributed by atoms with E-state index in [0.29, 0.717) is 10.9 Å². The first-order valence-electron chi connectivity index (χ1n) is 11.1. The van der Waals surface area contributed by atoms with Gasteiger partial charge >= 0.3 is 6.18 Å². The molecular weight excluding hydrogens is 507 g/mol. The number of fused-ring (bicyclic) bond motifs is 1. The summed E-state index contributed by atoms with van der Waals surface area (Å²) in [6.07, 6.45) is -3.04. The van der Waals surface area contributed by atoms with Crippen LogP contribution in [0.4, 0.5) is 18.9 Å². The summed E-state index contributed by atoms with van der Waals surface area (Å²) in [6, 6.07) is 18.4. The van der Waals surface area contributed by atoms with Gasteiger partial charge < -0.3 is 10.0 Å². The molecule has 0 atom stereocenters. The highest BCUT2D eigenvalue weighted by Gasteiger charge is 2.46. The summed E-state index contributed by atoms with van der Waals surface area (Å²) in [5.74, 6) is -0.440. The lowest BCUT2D eigenvalue weighted by Crippen LogP contribution is -2.61. The van der Waals surface area contributed by atoms with E-state index in [9.17, 15) is 31.5 Å². The number of aromatic nitrogens is 1. The zero-order chi connectivity index (χ0) is 26.4. The average molecular weight is 528 g/mol. The number of β-amino-alcohol motifs (C(OH)–C–C–N with tert-alkyl or cyclic N) is 1. The highest BCUT2D eigenvalue weighted by Crippen LogP contribution is 2.37. The molecule has 1 saturated heterocycles. The van der Waals surface area contributed by atoms with Crippen LogP contribution in [0.15, 0.2) is 90.0 Å². The highest BCUT2D eigenvalue weighted by atomic mass is 32.2. The molecule has 1 aliphatic heterocycles. The summed E-state index contributed by atoms with van der Waals surface area (Å²) >= 11 is 0. The van der Waals surface area contributed by atoms with Crippen LogP contribution in [-0.2, 0) is 21.8 Å². The second kappa shape index (κ2) is 8.86. The van der Waals surface area contributed by atoms with Crippen LogP contribution in [0, 0.1) is 0 Å². The van der Waals surface area contributed by atoms with Gasteiger partial charge in [0.1, 0.15) is 10.5 Å². The number of carbonyl (C=O) groups excluding carboxylic acids is 1. The predicted octanol–water partition coefficient (Wildman–Crippen LogP) is 4.40. The Morgan fingerprint density at radius 1 is 0.973 bits per heavy atom. The number of aliphatic hydroxyl groups is 1. The van der Waals surface area contributed by atoms with Crippen molar-refractivity contribution in [3.63, 3.8) is 0 Å². The van der Waals surface area contributed by atoms with Gasteiger partial charge in [-0.3, -0.25) is 14.5 Å². The summed E-state index contributed by atoms with van der Waals surface area (Å²) in [5, 5.41) is 11.4. The number of para-hydroxylation sites is 1. The van der Waals surface area contributed by atoms with E-state index in [1.807, 2.05) is 0 Å². The Balaban J connectivity index is 1.28. The molecule has 0 unspecified atom stereocenters. The van der Waals surface area contributed by atoms with E-state index in [-0.39, 0.29) is 34.8 Å². The zero-order valence-electron chi connectivity index (χ0n) is 19.1. The van der Waals surface area contributed by atoms with Gasteiger partial charge in [-0.1, -0.05) is 30.3 Å². The second-order valence-electron chi connectivity index (χ2n) is 8.79. The van der Waals surface area contributed by atoms with Crippen LogP contribution >= 0.6 is 0 Å². The minimum Gasteiger partial charge on any atom is -0.381 e. The van der Waals surface area contributed by atoms with E-state index >= 15 is 0 Å². The van der Waals surface area contributed by atoms with Crippen LogP contribution in [0.2, 0.25) is 0 Å². The smallest absolute Gasteiger partial charge is 0.381 e. The normalized spacial score (nSPS) is 15.3. The molecule has 1 aliphatic rings. The first kappa shape index (κ1) is 24.7. The van der Waals surface area contributed by atoms with Crippen LogP contribution < -0.4 is 4.72 Å². The minimum absolute atomic E-state index is 0.0141. The number of sulfonamides is 1. The molecule has 11 heteroatoms. The summed E-state index contributed by atoms with van der Waals surface area (Å²) in [7, 11) is -3.96. The van der Waals surface area contributed by atoms with Gasteiger partial charge in [0.15, 0.2) is 0 Å². The van der Waals surface area contributed by atoms with E-state index in [4.69, 9.17) is 0 Å². The average Bonchev–Trinajstić information content (AvgIpc) is 2.86. The quantitative estimate of drug-likeness (QED) is 0.401. The number of nitrogens with one attached hydrogen (secondary N) is 1. The van der Waals surface area contributed by atoms with Crippen LogP contribution in [-0.4, -0.2) is 42.4 Å². The van der Waals surface area contributed by atoms with Crippen molar-refractivity contribution in [3.05, 3.63) is 102 Å². The topological polar surface area (TPSA) is 99.6 Å². The maximum atomic E-state index is 13.0. The molecule has 1 fully saturated rings. The van der Waals surface area contributed by atoms with Gasteiger partial charge in [0.05, 0.1) is 24.2 Å². The number of hydrogen-bond donors (Lipinski definition) is 2. The van der Waals surface area contributed by atoms with E-state index < -0.39 is 33.3 Å². The molecule has 1 aromatic heterocycles. The number of rotatable bonds is 5. The van der Waals surface area contributed by atoms with Crippen LogP contribution in [0.5, 0.6) is 0 Å². The van der Waals surface area contributed by atoms with Gasteiger partial charge in [0, 0.05) is 22.8 Å². The molecule has 37 heavy (non-hydrogen) atoms. The molecule has 0 radical (unpaired) electrons. The van der Waals surface area contributed by atoms with Gasteiger partial charge in [-0.15, -0.1) is 0 Å². The number of carbonyl (C=O) groups is 1.